The highest BCUT2D eigenvalue weighted by molar-refractivity contribution is 6.00. The number of hydrogen-bond acceptors (Lipinski definition) is 4. The Morgan fingerprint density at radius 1 is 1.12 bits per heavy atom. The van der Waals surface area contributed by atoms with Crippen LogP contribution in [0.4, 0.5) is 10.1 Å². The minimum Gasteiger partial charge on any atom is -0.349 e. The second-order valence-corrected chi connectivity index (χ2v) is 6.15. The topological polar surface area (TPSA) is 89.3 Å². The molecule has 1 amide bonds. The molecule has 0 radical (unpaired) electrons. The van der Waals surface area contributed by atoms with Crippen LogP contribution in [0.1, 0.15) is 40.1 Å². The Labute approximate surface area is 150 Å². The number of nitro groups is 1. The van der Waals surface area contributed by atoms with Crippen LogP contribution >= 0.6 is 0 Å². The minimum atomic E-state index is -0.621. The fourth-order valence-corrected chi connectivity index (χ4v) is 2.56. The van der Waals surface area contributed by atoms with Crippen molar-refractivity contribution < 1.29 is 18.9 Å². The van der Waals surface area contributed by atoms with Gasteiger partial charge in [0.05, 0.1) is 10.5 Å². The molecule has 6 nitrogen and oxygen atoms in total. The van der Waals surface area contributed by atoms with Gasteiger partial charge in [-0.05, 0) is 37.6 Å². The van der Waals surface area contributed by atoms with Gasteiger partial charge in [0.15, 0.2) is 5.78 Å². The molecular weight excluding hydrogens is 339 g/mol. The summed E-state index contributed by atoms with van der Waals surface area (Å²) in [5, 5.41) is 13.3. The lowest BCUT2D eigenvalue weighted by Crippen LogP contribution is -2.40. The van der Waals surface area contributed by atoms with Gasteiger partial charge in [-0.2, -0.15) is 0 Å². The first-order valence-electron chi connectivity index (χ1n) is 8.07. The first-order valence-corrected chi connectivity index (χ1v) is 8.07. The summed E-state index contributed by atoms with van der Waals surface area (Å²) in [5.41, 5.74) is 0.662. The highest BCUT2D eigenvalue weighted by Gasteiger charge is 2.25. The predicted octanol–water partition coefficient (Wildman–Crippen LogP) is 3.68. The van der Waals surface area contributed by atoms with E-state index in [1.807, 2.05) is 0 Å². The number of nitro benzene ring substituents is 1. The number of carbonyl (C=O) groups excluding carboxylic acids is 2. The third kappa shape index (κ3) is 4.11. The molecule has 0 spiro atoms. The molecule has 2 atom stereocenters. The average molecular weight is 358 g/mol. The van der Waals surface area contributed by atoms with Gasteiger partial charge in [0.2, 0.25) is 0 Å². The normalized spacial score (nSPS) is 12.9. The van der Waals surface area contributed by atoms with Crippen LogP contribution in [0.3, 0.4) is 0 Å². The highest BCUT2D eigenvalue weighted by atomic mass is 19.1. The third-order valence-electron chi connectivity index (χ3n) is 4.33. The van der Waals surface area contributed by atoms with Gasteiger partial charge in [0.1, 0.15) is 5.82 Å². The van der Waals surface area contributed by atoms with Gasteiger partial charge in [-0.1, -0.05) is 19.1 Å². The minimum absolute atomic E-state index is 0.0469. The molecule has 0 aliphatic rings. The molecule has 0 aliphatic carbocycles. The van der Waals surface area contributed by atoms with E-state index >= 15 is 0 Å². The number of aryl methyl sites for hydroxylation is 1. The van der Waals surface area contributed by atoms with Gasteiger partial charge in [-0.3, -0.25) is 19.7 Å². The van der Waals surface area contributed by atoms with Crippen molar-refractivity contribution >= 4 is 17.4 Å². The Balaban J connectivity index is 2.11. The lowest BCUT2D eigenvalue weighted by molar-refractivity contribution is -0.384. The molecule has 136 valence electrons. The van der Waals surface area contributed by atoms with Gasteiger partial charge in [-0.15, -0.1) is 0 Å². The number of benzene rings is 2. The SMILES string of the molecule is Cc1cccc(F)c1C(=O)NC(C)C(C)C(=O)c1ccc([N+](=O)[O-])cc1. The van der Waals surface area contributed by atoms with E-state index in [0.717, 1.165) is 0 Å². The zero-order valence-corrected chi connectivity index (χ0v) is 14.7. The molecule has 0 fully saturated rings. The van der Waals surface area contributed by atoms with Crippen molar-refractivity contribution in [3.05, 3.63) is 75.1 Å². The van der Waals surface area contributed by atoms with Crippen LogP contribution < -0.4 is 5.32 Å². The molecule has 26 heavy (non-hydrogen) atoms. The second-order valence-electron chi connectivity index (χ2n) is 6.15. The Hall–Kier alpha value is -3.09. The van der Waals surface area contributed by atoms with Crippen LogP contribution in [0.25, 0.3) is 0 Å². The van der Waals surface area contributed by atoms with Crippen LogP contribution in [0.2, 0.25) is 0 Å². The Morgan fingerprint density at radius 2 is 1.73 bits per heavy atom. The summed E-state index contributed by atoms with van der Waals surface area (Å²) in [5.74, 6) is -2.06. The van der Waals surface area contributed by atoms with E-state index in [1.54, 1.807) is 26.8 Å². The summed E-state index contributed by atoms with van der Waals surface area (Å²) in [6, 6.07) is 9.08. The molecule has 0 saturated carbocycles. The van der Waals surface area contributed by atoms with Crippen molar-refractivity contribution in [2.45, 2.75) is 26.8 Å². The summed E-state index contributed by atoms with van der Waals surface area (Å²) in [6.07, 6.45) is 0. The van der Waals surface area contributed by atoms with E-state index in [9.17, 15) is 24.1 Å². The number of nitrogens with zero attached hydrogens (tertiary/aromatic N) is 1. The zero-order valence-electron chi connectivity index (χ0n) is 14.7. The second kappa shape index (κ2) is 7.86. The molecule has 1 N–H and O–H groups in total. The number of amides is 1. The van der Waals surface area contributed by atoms with E-state index in [1.165, 1.54) is 36.4 Å². The molecule has 2 aromatic rings. The Morgan fingerprint density at radius 3 is 2.27 bits per heavy atom. The summed E-state index contributed by atoms with van der Waals surface area (Å²) >= 11 is 0. The fraction of sp³-hybridized carbons (Fsp3) is 0.263. The quantitative estimate of drug-likeness (QED) is 0.485. The van der Waals surface area contributed by atoms with Crippen LogP contribution in [-0.4, -0.2) is 22.7 Å². The maximum Gasteiger partial charge on any atom is 0.269 e. The molecule has 2 unspecified atom stereocenters. The Bertz CT molecular complexity index is 829. The molecule has 2 rings (SSSR count). The van der Waals surface area contributed by atoms with Crippen molar-refractivity contribution in [2.24, 2.45) is 5.92 Å². The molecule has 0 saturated heterocycles. The van der Waals surface area contributed by atoms with E-state index in [-0.39, 0.29) is 17.0 Å². The van der Waals surface area contributed by atoms with Crippen molar-refractivity contribution in [2.75, 3.05) is 0 Å². The number of non-ortho nitro benzene ring substituents is 1. The molecule has 0 heterocycles. The van der Waals surface area contributed by atoms with Gasteiger partial charge >= 0.3 is 0 Å². The van der Waals surface area contributed by atoms with Crippen LogP contribution in [-0.2, 0) is 0 Å². The summed E-state index contributed by atoms with van der Waals surface area (Å²) in [7, 11) is 0. The van der Waals surface area contributed by atoms with Crippen molar-refractivity contribution in [1.29, 1.82) is 0 Å². The largest absolute Gasteiger partial charge is 0.349 e. The van der Waals surface area contributed by atoms with E-state index in [0.29, 0.717) is 11.1 Å². The number of rotatable bonds is 6. The number of ketones is 1. The average Bonchev–Trinajstić information content (AvgIpc) is 2.60. The maximum absolute atomic E-state index is 13.9. The first kappa shape index (κ1) is 19.2. The maximum atomic E-state index is 13.9. The highest BCUT2D eigenvalue weighted by Crippen LogP contribution is 2.18. The summed E-state index contributed by atoms with van der Waals surface area (Å²) in [4.78, 5) is 35.0. The van der Waals surface area contributed by atoms with Gasteiger partial charge < -0.3 is 5.32 Å². The monoisotopic (exact) mass is 358 g/mol. The molecule has 7 heteroatoms. The van der Waals surface area contributed by atoms with E-state index < -0.39 is 28.6 Å². The summed E-state index contributed by atoms with van der Waals surface area (Å²) < 4.78 is 13.9. The molecule has 2 aromatic carbocycles. The van der Waals surface area contributed by atoms with Crippen molar-refractivity contribution in [3.63, 3.8) is 0 Å². The number of halogens is 1. The molecule has 0 bridgehead atoms. The lowest BCUT2D eigenvalue weighted by Gasteiger charge is -2.21. The summed E-state index contributed by atoms with van der Waals surface area (Å²) in [6.45, 7) is 4.93. The van der Waals surface area contributed by atoms with Crippen LogP contribution in [0, 0.1) is 28.8 Å². The van der Waals surface area contributed by atoms with E-state index in [4.69, 9.17) is 0 Å². The zero-order chi connectivity index (χ0) is 19.4. The lowest BCUT2D eigenvalue weighted by atomic mass is 9.93. The van der Waals surface area contributed by atoms with Gasteiger partial charge in [-0.25, -0.2) is 4.39 Å². The van der Waals surface area contributed by atoms with Crippen molar-refractivity contribution in [3.8, 4) is 0 Å². The fourth-order valence-electron chi connectivity index (χ4n) is 2.56. The van der Waals surface area contributed by atoms with Crippen molar-refractivity contribution in [1.82, 2.24) is 5.32 Å². The number of hydrogen-bond donors (Lipinski definition) is 1. The predicted molar refractivity (Wildman–Crippen MR) is 94.7 cm³/mol. The molecule has 0 aliphatic heterocycles. The number of nitrogens with one attached hydrogen (secondary N) is 1. The third-order valence-corrected chi connectivity index (χ3v) is 4.33. The molecule has 0 aromatic heterocycles. The first-order chi connectivity index (χ1) is 12.2. The van der Waals surface area contributed by atoms with Crippen LogP contribution in [0.15, 0.2) is 42.5 Å². The van der Waals surface area contributed by atoms with Gasteiger partial charge in [0, 0.05) is 29.7 Å². The smallest absolute Gasteiger partial charge is 0.269 e. The van der Waals surface area contributed by atoms with Crippen LogP contribution in [0.5, 0.6) is 0 Å². The number of carbonyl (C=O) groups is 2. The Kier molecular flexibility index (Phi) is 5.82. The van der Waals surface area contributed by atoms with E-state index in [2.05, 4.69) is 5.32 Å². The van der Waals surface area contributed by atoms with Gasteiger partial charge in [0.25, 0.3) is 11.6 Å². The number of Topliss-reactive ketones (excluding diaryl/α,β-unsaturated/α-hetero) is 1. The molecular formula is C19H19FN2O4. The standard InChI is InChI=1S/C19H19FN2O4/c1-11-5-4-6-16(20)17(11)19(24)21-13(3)12(2)18(23)14-7-9-15(10-8-14)22(25)26/h4-10,12-13H,1-3H3,(H,21,24).